The molecular formula is C19H15FN2O. The van der Waals surface area contributed by atoms with Crippen molar-refractivity contribution >= 4 is 11.6 Å². The molecule has 3 rings (SSSR count). The van der Waals surface area contributed by atoms with Crippen LogP contribution in [0.15, 0.2) is 66.9 Å². The van der Waals surface area contributed by atoms with Gasteiger partial charge in [0, 0.05) is 23.0 Å². The van der Waals surface area contributed by atoms with E-state index in [1.807, 2.05) is 37.3 Å². The largest absolute Gasteiger partial charge is 0.322 e. The zero-order valence-electron chi connectivity index (χ0n) is 12.6. The van der Waals surface area contributed by atoms with Gasteiger partial charge in [0.1, 0.15) is 5.82 Å². The first kappa shape index (κ1) is 14.9. The van der Waals surface area contributed by atoms with Crippen molar-refractivity contribution in [2.75, 3.05) is 5.32 Å². The SMILES string of the molecule is Cc1c(C(=O)Nc2cccc(F)c2)cccc1-c1ccccn1. The van der Waals surface area contributed by atoms with Gasteiger partial charge >= 0.3 is 0 Å². The molecule has 0 bridgehead atoms. The first-order valence-electron chi connectivity index (χ1n) is 7.23. The Kier molecular flexibility index (Phi) is 4.15. The number of carbonyl (C=O) groups excluding carboxylic acids is 1. The van der Waals surface area contributed by atoms with Crippen molar-refractivity contribution in [3.05, 3.63) is 83.8 Å². The van der Waals surface area contributed by atoms with Crippen molar-refractivity contribution in [3.8, 4) is 11.3 Å². The van der Waals surface area contributed by atoms with Gasteiger partial charge in [-0.2, -0.15) is 0 Å². The van der Waals surface area contributed by atoms with E-state index >= 15 is 0 Å². The molecule has 3 nitrogen and oxygen atoms in total. The van der Waals surface area contributed by atoms with Gasteiger partial charge in [0.25, 0.3) is 5.91 Å². The molecule has 23 heavy (non-hydrogen) atoms. The molecule has 1 aromatic heterocycles. The molecule has 0 aliphatic heterocycles. The minimum Gasteiger partial charge on any atom is -0.322 e. The highest BCUT2D eigenvalue weighted by molar-refractivity contribution is 6.06. The third-order valence-corrected chi connectivity index (χ3v) is 3.60. The average molecular weight is 306 g/mol. The lowest BCUT2D eigenvalue weighted by Gasteiger charge is -2.11. The van der Waals surface area contributed by atoms with Crippen LogP contribution in [0.2, 0.25) is 0 Å². The van der Waals surface area contributed by atoms with E-state index in [4.69, 9.17) is 0 Å². The van der Waals surface area contributed by atoms with Gasteiger partial charge in [0.2, 0.25) is 0 Å². The number of rotatable bonds is 3. The predicted octanol–water partition coefficient (Wildman–Crippen LogP) is 4.45. The average Bonchev–Trinajstić information content (AvgIpc) is 2.56. The lowest BCUT2D eigenvalue weighted by atomic mass is 9.99. The van der Waals surface area contributed by atoms with E-state index in [2.05, 4.69) is 10.3 Å². The van der Waals surface area contributed by atoms with E-state index in [1.165, 1.54) is 12.1 Å². The Labute approximate surface area is 133 Å². The summed E-state index contributed by atoms with van der Waals surface area (Å²) in [6.07, 6.45) is 1.72. The van der Waals surface area contributed by atoms with Crippen LogP contribution in [0, 0.1) is 12.7 Å². The summed E-state index contributed by atoms with van der Waals surface area (Å²) in [4.78, 5) is 16.8. The summed E-state index contributed by atoms with van der Waals surface area (Å²) in [5, 5.41) is 2.72. The van der Waals surface area contributed by atoms with Crippen molar-refractivity contribution in [3.63, 3.8) is 0 Å². The topological polar surface area (TPSA) is 42.0 Å². The number of benzene rings is 2. The van der Waals surface area contributed by atoms with Crippen LogP contribution in [0.1, 0.15) is 15.9 Å². The van der Waals surface area contributed by atoms with Gasteiger partial charge in [-0.15, -0.1) is 0 Å². The molecule has 114 valence electrons. The van der Waals surface area contributed by atoms with Gasteiger partial charge in [-0.3, -0.25) is 9.78 Å². The number of nitrogens with one attached hydrogen (secondary N) is 1. The Morgan fingerprint density at radius 2 is 1.87 bits per heavy atom. The standard InChI is InChI=1S/C19H15FN2O/c1-13-16(18-10-2-3-11-21-18)8-5-9-17(13)19(23)22-15-7-4-6-14(20)12-15/h2-12H,1H3,(H,22,23). The lowest BCUT2D eigenvalue weighted by molar-refractivity contribution is 0.102. The van der Waals surface area contributed by atoms with E-state index in [0.29, 0.717) is 11.3 Å². The fourth-order valence-electron chi connectivity index (χ4n) is 2.45. The highest BCUT2D eigenvalue weighted by atomic mass is 19.1. The number of halogens is 1. The van der Waals surface area contributed by atoms with Crippen LogP contribution in [-0.4, -0.2) is 10.9 Å². The van der Waals surface area contributed by atoms with Crippen LogP contribution in [0.25, 0.3) is 11.3 Å². The zero-order valence-corrected chi connectivity index (χ0v) is 12.6. The molecule has 0 atom stereocenters. The van der Waals surface area contributed by atoms with Crippen LogP contribution >= 0.6 is 0 Å². The molecule has 1 N–H and O–H groups in total. The highest BCUT2D eigenvalue weighted by Gasteiger charge is 2.13. The van der Waals surface area contributed by atoms with E-state index < -0.39 is 0 Å². The first-order valence-corrected chi connectivity index (χ1v) is 7.23. The van der Waals surface area contributed by atoms with Gasteiger partial charge in [-0.25, -0.2) is 4.39 Å². The number of nitrogens with zero attached hydrogens (tertiary/aromatic N) is 1. The Morgan fingerprint density at radius 3 is 2.61 bits per heavy atom. The fourth-order valence-corrected chi connectivity index (χ4v) is 2.45. The summed E-state index contributed by atoms with van der Waals surface area (Å²) < 4.78 is 13.2. The van der Waals surface area contributed by atoms with Crippen molar-refractivity contribution in [1.29, 1.82) is 0 Å². The number of pyridine rings is 1. The van der Waals surface area contributed by atoms with Crippen LogP contribution in [0.5, 0.6) is 0 Å². The molecule has 0 unspecified atom stereocenters. The third-order valence-electron chi connectivity index (χ3n) is 3.60. The summed E-state index contributed by atoms with van der Waals surface area (Å²) in [6, 6.07) is 17.0. The van der Waals surface area contributed by atoms with Gasteiger partial charge in [-0.05, 0) is 48.9 Å². The minimum atomic E-state index is -0.387. The molecule has 0 aliphatic rings. The van der Waals surface area contributed by atoms with Crippen LogP contribution < -0.4 is 5.32 Å². The molecule has 0 aliphatic carbocycles. The fraction of sp³-hybridized carbons (Fsp3) is 0.0526. The highest BCUT2D eigenvalue weighted by Crippen LogP contribution is 2.24. The van der Waals surface area contributed by atoms with E-state index in [-0.39, 0.29) is 11.7 Å². The quantitative estimate of drug-likeness (QED) is 0.777. The minimum absolute atomic E-state index is 0.272. The number of carbonyl (C=O) groups is 1. The van der Waals surface area contributed by atoms with E-state index in [1.54, 1.807) is 24.4 Å². The Morgan fingerprint density at radius 1 is 1.04 bits per heavy atom. The molecule has 4 heteroatoms. The smallest absolute Gasteiger partial charge is 0.255 e. The van der Waals surface area contributed by atoms with Crippen LogP contribution in [0.4, 0.5) is 10.1 Å². The summed E-state index contributed by atoms with van der Waals surface area (Å²) in [7, 11) is 0. The summed E-state index contributed by atoms with van der Waals surface area (Å²) in [6.45, 7) is 1.88. The second kappa shape index (κ2) is 6.40. The van der Waals surface area contributed by atoms with Gasteiger partial charge in [0.15, 0.2) is 0 Å². The molecule has 3 aromatic rings. The Bertz CT molecular complexity index is 847. The molecule has 0 radical (unpaired) electrons. The monoisotopic (exact) mass is 306 g/mol. The second-order valence-electron chi connectivity index (χ2n) is 5.16. The van der Waals surface area contributed by atoms with Crippen LogP contribution in [-0.2, 0) is 0 Å². The maximum atomic E-state index is 13.2. The normalized spacial score (nSPS) is 10.3. The van der Waals surface area contributed by atoms with Crippen molar-refractivity contribution in [2.45, 2.75) is 6.92 Å². The maximum Gasteiger partial charge on any atom is 0.255 e. The Balaban J connectivity index is 1.93. The van der Waals surface area contributed by atoms with Gasteiger partial charge in [-0.1, -0.05) is 24.3 Å². The second-order valence-corrected chi connectivity index (χ2v) is 5.16. The molecule has 0 saturated heterocycles. The van der Waals surface area contributed by atoms with Gasteiger partial charge in [0.05, 0.1) is 5.69 Å². The maximum absolute atomic E-state index is 13.2. The molecule has 0 saturated carbocycles. The third kappa shape index (κ3) is 3.26. The summed E-state index contributed by atoms with van der Waals surface area (Å²) >= 11 is 0. The number of hydrogen-bond donors (Lipinski definition) is 1. The number of hydrogen-bond acceptors (Lipinski definition) is 2. The Hall–Kier alpha value is -3.01. The van der Waals surface area contributed by atoms with Gasteiger partial charge < -0.3 is 5.32 Å². The van der Waals surface area contributed by atoms with Crippen molar-refractivity contribution in [2.24, 2.45) is 0 Å². The summed E-state index contributed by atoms with van der Waals surface area (Å²) in [5.74, 6) is -0.660. The molecule has 1 heterocycles. The predicted molar refractivity (Wildman–Crippen MR) is 88.8 cm³/mol. The molecular weight excluding hydrogens is 291 g/mol. The molecule has 0 spiro atoms. The van der Waals surface area contributed by atoms with Crippen LogP contribution in [0.3, 0.4) is 0 Å². The molecule has 2 aromatic carbocycles. The number of aromatic nitrogens is 1. The van der Waals surface area contributed by atoms with E-state index in [0.717, 1.165) is 16.8 Å². The first-order chi connectivity index (χ1) is 11.1. The van der Waals surface area contributed by atoms with Crippen molar-refractivity contribution in [1.82, 2.24) is 4.98 Å². The number of amides is 1. The summed E-state index contributed by atoms with van der Waals surface area (Å²) in [5.41, 5.74) is 3.51. The lowest BCUT2D eigenvalue weighted by Crippen LogP contribution is -2.14. The van der Waals surface area contributed by atoms with Crippen molar-refractivity contribution < 1.29 is 9.18 Å². The molecule has 1 amide bonds. The molecule has 0 fully saturated rings. The zero-order chi connectivity index (χ0) is 16.2. The number of anilines is 1. The van der Waals surface area contributed by atoms with E-state index in [9.17, 15) is 9.18 Å².